The van der Waals surface area contributed by atoms with Crippen molar-refractivity contribution in [3.8, 4) is 10.6 Å². The molecule has 0 unspecified atom stereocenters. The van der Waals surface area contributed by atoms with Crippen LogP contribution < -0.4 is 0 Å². The molecule has 0 atom stereocenters. The number of hydrogen-bond donors (Lipinski definition) is 0. The van der Waals surface area contributed by atoms with E-state index < -0.39 is 17.5 Å². The lowest BCUT2D eigenvalue weighted by atomic mass is 10.1. The van der Waals surface area contributed by atoms with E-state index in [1.165, 1.54) is 36.2 Å². The molecule has 0 radical (unpaired) electrons. The molecule has 5 heteroatoms. The molecule has 3 aromatic rings. The molecule has 1 aromatic heterocycles. The van der Waals surface area contributed by atoms with Gasteiger partial charge >= 0.3 is 0 Å². The van der Waals surface area contributed by atoms with E-state index in [1.54, 1.807) is 0 Å². The van der Waals surface area contributed by atoms with E-state index in [-0.39, 0.29) is 5.56 Å². The van der Waals surface area contributed by atoms with Crippen LogP contribution >= 0.6 is 11.3 Å². The van der Waals surface area contributed by atoms with Gasteiger partial charge in [0.05, 0.1) is 10.2 Å². The molecule has 0 saturated heterocycles. The third-order valence-electron chi connectivity index (χ3n) is 4.00. The highest BCUT2D eigenvalue weighted by Gasteiger charge is 2.14. The summed E-state index contributed by atoms with van der Waals surface area (Å²) >= 11 is 1.35. The molecular weight excluding hydrogens is 331 g/mol. The van der Waals surface area contributed by atoms with E-state index in [0.717, 1.165) is 35.2 Å². The summed E-state index contributed by atoms with van der Waals surface area (Å²) in [4.78, 5) is 4.46. The van der Waals surface area contributed by atoms with Gasteiger partial charge in [0.1, 0.15) is 5.01 Å². The third kappa shape index (κ3) is 3.61. The maximum Gasteiger partial charge on any atom is 0.194 e. The molecule has 0 saturated carbocycles. The van der Waals surface area contributed by atoms with Crippen molar-refractivity contribution in [1.29, 1.82) is 0 Å². The van der Waals surface area contributed by atoms with Gasteiger partial charge in [-0.05, 0) is 42.7 Å². The summed E-state index contributed by atoms with van der Waals surface area (Å²) in [6.45, 7) is 2.18. The minimum Gasteiger partial charge on any atom is -0.236 e. The number of thiazole rings is 1. The minimum absolute atomic E-state index is 0.261. The summed E-state index contributed by atoms with van der Waals surface area (Å²) in [6, 6.07) is 8.06. The normalized spacial score (nSPS) is 11.3. The van der Waals surface area contributed by atoms with Crippen LogP contribution in [0.4, 0.5) is 13.2 Å². The van der Waals surface area contributed by atoms with Gasteiger partial charge in [0, 0.05) is 5.56 Å². The van der Waals surface area contributed by atoms with Crippen molar-refractivity contribution in [2.45, 2.75) is 39.0 Å². The molecule has 24 heavy (non-hydrogen) atoms. The van der Waals surface area contributed by atoms with Crippen LogP contribution in [0.5, 0.6) is 0 Å². The van der Waals surface area contributed by atoms with E-state index in [4.69, 9.17) is 0 Å². The van der Waals surface area contributed by atoms with Gasteiger partial charge < -0.3 is 0 Å². The first kappa shape index (κ1) is 17.0. The molecule has 3 rings (SSSR count). The Balaban J connectivity index is 1.86. The van der Waals surface area contributed by atoms with Crippen LogP contribution in [0.25, 0.3) is 20.8 Å². The Bertz CT molecular complexity index is 834. The highest BCUT2D eigenvalue weighted by Crippen LogP contribution is 2.32. The van der Waals surface area contributed by atoms with Crippen molar-refractivity contribution in [2.75, 3.05) is 0 Å². The fraction of sp³-hybridized carbons (Fsp3) is 0.316. The zero-order valence-electron chi connectivity index (χ0n) is 13.4. The van der Waals surface area contributed by atoms with E-state index >= 15 is 0 Å². The Morgan fingerprint density at radius 1 is 0.958 bits per heavy atom. The van der Waals surface area contributed by atoms with Crippen molar-refractivity contribution in [3.63, 3.8) is 0 Å². The largest absolute Gasteiger partial charge is 0.236 e. The van der Waals surface area contributed by atoms with Crippen LogP contribution in [0.3, 0.4) is 0 Å². The SMILES string of the molecule is CCCCCCc1ccc2sc(-c3cc(F)c(F)c(F)c3)nc2c1. The standard InChI is InChI=1S/C19H18F3NS/c1-2-3-4-5-6-12-7-8-17-16(9-12)23-19(24-17)13-10-14(20)18(22)15(21)11-13/h7-11H,2-6H2,1H3. The van der Waals surface area contributed by atoms with Crippen LogP contribution in [0.1, 0.15) is 38.2 Å². The predicted octanol–water partition coefficient (Wildman–Crippen LogP) is 6.50. The van der Waals surface area contributed by atoms with Gasteiger partial charge in [-0.1, -0.05) is 32.3 Å². The summed E-state index contributed by atoms with van der Waals surface area (Å²) in [5, 5.41) is 0.492. The Labute approximate surface area is 143 Å². The molecule has 0 aliphatic rings. The van der Waals surface area contributed by atoms with Gasteiger partial charge in [-0.2, -0.15) is 0 Å². The lowest BCUT2D eigenvalue weighted by Gasteiger charge is -2.00. The first-order valence-corrected chi connectivity index (χ1v) is 8.94. The van der Waals surface area contributed by atoms with E-state index in [1.807, 2.05) is 12.1 Å². The number of nitrogens with zero attached hydrogens (tertiary/aromatic N) is 1. The van der Waals surface area contributed by atoms with Crippen molar-refractivity contribution >= 4 is 21.6 Å². The van der Waals surface area contributed by atoms with E-state index in [9.17, 15) is 13.2 Å². The third-order valence-corrected chi connectivity index (χ3v) is 5.09. The molecule has 0 aliphatic carbocycles. The van der Waals surface area contributed by atoms with Gasteiger partial charge in [-0.15, -0.1) is 11.3 Å². The molecule has 0 spiro atoms. The van der Waals surface area contributed by atoms with Crippen LogP contribution in [0, 0.1) is 17.5 Å². The van der Waals surface area contributed by atoms with Gasteiger partial charge in [0.15, 0.2) is 17.5 Å². The number of fused-ring (bicyclic) bond motifs is 1. The smallest absolute Gasteiger partial charge is 0.194 e. The van der Waals surface area contributed by atoms with Crippen LogP contribution in [0.15, 0.2) is 30.3 Å². The van der Waals surface area contributed by atoms with Crippen molar-refractivity contribution < 1.29 is 13.2 Å². The van der Waals surface area contributed by atoms with Crippen molar-refractivity contribution in [1.82, 2.24) is 4.98 Å². The summed E-state index contributed by atoms with van der Waals surface area (Å²) in [7, 11) is 0. The number of rotatable bonds is 6. The molecule has 2 aromatic carbocycles. The van der Waals surface area contributed by atoms with Crippen LogP contribution in [0.2, 0.25) is 0 Å². The molecule has 0 amide bonds. The number of halogens is 3. The lowest BCUT2D eigenvalue weighted by Crippen LogP contribution is -1.91. The average Bonchev–Trinajstić information content (AvgIpc) is 2.99. The number of benzene rings is 2. The topological polar surface area (TPSA) is 12.9 Å². The first-order valence-electron chi connectivity index (χ1n) is 8.13. The van der Waals surface area contributed by atoms with Gasteiger partial charge in [-0.3, -0.25) is 0 Å². The zero-order valence-corrected chi connectivity index (χ0v) is 14.2. The Morgan fingerprint density at radius 3 is 2.42 bits per heavy atom. The predicted molar refractivity (Wildman–Crippen MR) is 92.8 cm³/mol. The summed E-state index contributed by atoms with van der Waals surface area (Å²) < 4.78 is 40.9. The number of unbranched alkanes of at least 4 members (excludes halogenated alkanes) is 3. The van der Waals surface area contributed by atoms with Gasteiger partial charge in [0.2, 0.25) is 0 Å². The second-order valence-electron chi connectivity index (χ2n) is 5.89. The maximum atomic E-state index is 13.4. The van der Waals surface area contributed by atoms with E-state index in [2.05, 4.69) is 18.0 Å². The Hall–Kier alpha value is -1.88. The second-order valence-corrected chi connectivity index (χ2v) is 6.92. The number of aromatic nitrogens is 1. The van der Waals surface area contributed by atoms with Gasteiger partial charge in [0.25, 0.3) is 0 Å². The quantitative estimate of drug-likeness (QED) is 0.365. The van der Waals surface area contributed by atoms with E-state index in [0.29, 0.717) is 5.01 Å². The maximum absolute atomic E-state index is 13.4. The summed E-state index contributed by atoms with van der Waals surface area (Å²) in [6.07, 6.45) is 5.81. The van der Waals surface area contributed by atoms with Crippen molar-refractivity contribution in [2.24, 2.45) is 0 Å². The molecule has 126 valence electrons. The van der Waals surface area contributed by atoms with Crippen LogP contribution in [-0.4, -0.2) is 4.98 Å². The second kappa shape index (κ2) is 7.34. The number of aryl methyl sites for hydroxylation is 1. The zero-order chi connectivity index (χ0) is 17.1. The molecular formula is C19H18F3NS. The molecule has 0 bridgehead atoms. The molecule has 0 aliphatic heterocycles. The highest BCUT2D eigenvalue weighted by atomic mass is 32.1. The molecule has 1 heterocycles. The Morgan fingerprint density at radius 2 is 1.71 bits per heavy atom. The molecule has 0 N–H and O–H groups in total. The van der Waals surface area contributed by atoms with Crippen molar-refractivity contribution in [3.05, 3.63) is 53.3 Å². The highest BCUT2D eigenvalue weighted by molar-refractivity contribution is 7.21. The summed E-state index contributed by atoms with van der Waals surface area (Å²) in [5.74, 6) is -3.84. The molecule has 0 fully saturated rings. The monoisotopic (exact) mass is 349 g/mol. The Kier molecular flexibility index (Phi) is 5.19. The van der Waals surface area contributed by atoms with Gasteiger partial charge in [-0.25, -0.2) is 18.2 Å². The average molecular weight is 349 g/mol. The first-order chi connectivity index (χ1) is 11.6. The molecule has 1 nitrogen and oxygen atoms in total. The van der Waals surface area contributed by atoms with Crippen LogP contribution in [-0.2, 0) is 6.42 Å². The number of hydrogen-bond acceptors (Lipinski definition) is 2. The fourth-order valence-corrected chi connectivity index (χ4v) is 3.62. The fourth-order valence-electron chi connectivity index (χ4n) is 2.69. The lowest BCUT2D eigenvalue weighted by molar-refractivity contribution is 0.447. The minimum atomic E-state index is -1.45. The summed E-state index contributed by atoms with van der Waals surface area (Å²) in [5.41, 5.74) is 2.29.